The summed E-state index contributed by atoms with van der Waals surface area (Å²) in [5.74, 6) is -2.30. The van der Waals surface area contributed by atoms with Gasteiger partial charge in [0.05, 0.1) is 5.56 Å². The minimum atomic E-state index is -3.57. The van der Waals surface area contributed by atoms with Crippen molar-refractivity contribution in [1.29, 1.82) is 0 Å². The fourth-order valence-corrected chi connectivity index (χ4v) is 1.25. The number of benzene rings is 1. The van der Waals surface area contributed by atoms with E-state index in [4.69, 9.17) is 0 Å². The van der Waals surface area contributed by atoms with Crippen LogP contribution < -0.4 is 4.74 Å². The Kier molecular flexibility index (Phi) is 3.95. The van der Waals surface area contributed by atoms with E-state index in [1.165, 1.54) is 6.92 Å². The van der Waals surface area contributed by atoms with Crippen molar-refractivity contribution >= 4 is 0 Å². The van der Waals surface area contributed by atoms with E-state index in [0.717, 1.165) is 19.1 Å². The van der Waals surface area contributed by atoms with Crippen molar-refractivity contribution in [3.63, 3.8) is 0 Å². The third-order valence-corrected chi connectivity index (χ3v) is 2.25. The molecule has 0 aliphatic carbocycles. The van der Waals surface area contributed by atoms with E-state index in [9.17, 15) is 22.0 Å². The second-order valence-corrected chi connectivity index (χ2v) is 3.50. The van der Waals surface area contributed by atoms with Gasteiger partial charge in [0, 0.05) is 6.42 Å². The van der Waals surface area contributed by atoms with Gasteiger partial charge >= 0.3 is 6.11 Å². The molecule has 0 heterocycles. The molecule has 1 aromatic rings. The van der Waals surface area contributed by atoms with Gasteiger partial charge in [0.15, 0.2) is 11.6 Å². The third kappa shape index (κ3) is 3.08. The molecule has 0 saturated carbocycles. The predicted molar refractivity (Wildman–Crippen MR) is 52.0 cm³/mol. The molecule has 0 N–H and O–H groups in total. The van der Waals surface area contributed by atoms with Gasteiger partial charge in [-0.25, -0.2) is 13.2 Å². The van der Waals surface area contributed by atoms with Crippen LogP contribution in [-0.2, 0) is 0 Å². The van der Waals surface area contributed by atoms with Crippen molar-refractivity contribution in [3.05, 3.63) is 29.1 Å². The Morgan fingerprint density at radius 1 is 1.29 bits per heavy atom. The van der Waals surface area contributed by atoms with E-state index in [-0.39, 0.29) is 5.56 Å². The van der Waals surface area contributed by atoms with Crippen molar-refractivity contribution in [3.8, 4) is 5.75 Å². The van der Waals surface area contributed by atoms with Gasteiger partial charge < -0.3 is 4.74 Å². The Bertz CT molecular complexity index is 403. The van der Waals surface area contributed by atoms with Gasteiger partial charge in [-0.3, -0.25) is 0 Å². The molecule has 0 aromatic heterocycles. The monoisotopic (exact) mass is 254 g/mol. The molecule has 0 spiro atoms. The SMILES string of the molecule is CCC(F)(F)Oc1ccc(C)c(C(F)F)c1F. The average Bonchev–Trinajstić information content (AvgIpc) is 2.22. The first-order chi connectivity index (χ1) is 7.78. The second-order valence-electron chi connectivity index (χ2n) is 3.50. The first kappa shape index (κ1) is 13.7. The molecule has 0 atom stereocenters. The number of ether oxygens (including phenoxy) is 1. The summed E-state index contributed by atoms with van der Waals surface area (Å²) in [5, 5.41) is 0. The lowest BCUT2D eigenvalue weighted by Crippen LogP contribution is -2.24. The van der Waals surface area contributed by atoms with Gasteiger partial charge in [-0.15, -0.1) is 0 Å². The van der Waals surface area contributed by atoms with Crippen molar-refractivity contribution in [2.45, 2.75) is 32.8 Å². The standard InChI is InChI=1S/C11H11F5O/c1-3-11(15,16)17-7-5-4-6(2)8(9(7)12)10(13)14/h4-5,10H,3H2,1-2H3. The molecule has 96 valence electrons. The number of hydrogen-bond acceptors (Lipinski definition) is 1. The summed E-state index contributed by atoms with van der Waals surface area (Å²) in [4.78, 5) is 0. The summed E-state index contributed by atoms with van der Waals surface area (Å²) in [5.41, 5.74) is -0.918. The highest BCUT2D eigenvalue weighted by Gasteiger charge is 2.31. The fraction of sp³-hybridized carbons (Fsp3) is 0.455. The first-order valence-corrected chi connectivity index (χ1v) is 4.92. The zero-order valence-electron chi connectivity index (χ0n) is 9.24. The van der Waals surface area contributed by atoms with E-state index >= 15 is 0 Å². The zero-order valence-corrected chi connectivity index (χ0v) is 9.24. The van der Waals surface area contributed by atoms with Crippen molar-refractivity contribution in [2.24, 2.45) is 0 Å². The maximum absolute atomic E-state index is 13.5. The summed E-state index contributed by atoms with van der Waals surface area (Å²) >= 11 is 0. The molecule has 0 saturated heterocycles. The molecular formula is C11H11F5O. The highest BCUT2D eigenvalue weighted by molar-refractivity contribution is 5.37. The van der Waals surface area contributed by atoms with Crippen LogP contribution in [-0.4, -0.2) is 6.11 Å². The largest absolute Gasteiger partial charge is 0.429 e. The number of aryl methyl sites for hydroxylation is 1. The first-order valence-electron chi connectivity index (χ1n) is 4.92. The Morgan fingerprint density at radius 3 is 2.35 bits per heavy atom. The van der Waals surface area contributed by atoms with Crippen molar-refractivity contribution < 1.29 is 26.7 Å². The van der Waals surface area contributed by atoms with Gasteiger partial charge in [0.2, 0.25) is 0 Å². The van der Waals surface area contributed by atoms with E-state index < -0.39 is 36.1 Å². The zero-order chi connectivity index (χ0) is 13.2. The summed E-state index contributed by atoms with van der Waals surface area (Å²) in [6.45, 7) is 2.41. The molecule has 6 heteroatoms. The van der Waals surface area contributed by atoms with Crippen molar-refractivity contribution in [2.75, 3.05) is 0 Å². The van der Waals surface area contributed by atoms with E-state index in [1.54, 1.807) is 0 Å². The minimum absolute atomic E-state index is 0.00957. The molecule has 0 bridgehead atoms. The molecular weight excluding hydrogens is 243 g/mol. The van der Waals surface area contributed by atoms with Crippen LogP contribution in [0.3, 0.4) is 0 Å². The Morgan fingerprint density at radius 2 is 1.88 bits per heavy atom. The fourth-order valence-electron chi connectivity index (χ4n) is 1.25. The molecule has 0 aliphatic rings. The van der Waals surface area contributed by atoms with Gasteiger partial charge in [0.1, 0.15) is 0 Å². The Balaban J connectivity index is 3.15. The Hall–Kier alpha value is -1.33. The van der Waals surface area contributed by atoms with Crippen LogP contribution in [0.25, 0.3) is 0 Å². The predicted octanol–water partition coefficient (Wildman–Crippen LogP) is 4.45. The lowest BCUT2D eigenvalue weighted by atomic mass is 10.1. The maximum atomic E-state index is 13.5. The van der Waals surface area contributed by atoms with E-state index in [0.29, 0.717) is 0 Å². The molecule has 0 amide bonds. The minimum Gasteiger partial charge on any atom is -0.429 e. The average molecular weight is 254 g/mol. The van der Waals surface area contributed by atoms with Crippen LogP contribution in [0.2, 0.25) is 0 Å². The smallest absolute Gasteiger partial charge is 0.397 e. The molecule has 0 fully saturated rings. The maximum Gasteiger partial charge on any atom is 0.397 e. The van der Waals surface area contributed by atoms with Crippen LogP contribution in [0.4, 0.5) is 22.0 Å². The van der Waals surface area contributed by atoms with Crippen LogP contribution in [0, 0.1) is 12.7 Å². The number of rotatable bonds is 4. The molecule has 0 aliphatic heterocycles. The summed E-state index contributed by atoms with van der Waals surface area (Å²) < 4.78 is 68.4. The van der Waals surface area contributed by atoms with Crippen LogP contribution in [0.15, 0.2) is 12.1 Å². The van der Waals surface area contributed by atoms with Gasteiger partial charge in [-0.1, -0.05) is 13.0 Å². The van der Waals surface area contributed by atoms with Crippen LogP contribution >= 0.6 is 0 Å². The lowest BCUT2D eigenvalue weighted by molar-refractivity contribution is -0.178. The topological polar surface area (TPSA) is 9.23 Å². The molecule has 0 unspecified atom stereocenters. The van der Waals surface area contributed by atoms with E-state index in [2.05, 4.69) is 4.74 Å². The number of alkyl halides is 4. The highest BCUT2D eigenvalue weighted by atomic mass is 19.3. The van der Waals surface area contributed by atoms with Crippen LogP contribution in [0.1, 0.15) is 30.9 Å². The molecule has 1 nitrogen and oxygen atoms in total. The van der Waals surface area contributed by atoms with E-state index in [1.807, 2.05) is 0 Å². The van der Waals surface area contributed by atoms with Gasteiger partial charge in [0.25, 0.3) is 6.43 Å². The molecule has 0 radical (unpaired) electrons. The third-order valence-electron chi connectivity index (χ3n) is 2.25. The second kappa shape index (κ2) is 4.89. The number of hydrogen-bond donors (Lipinski definition) is 0. The lowest BCUT2D eigenvalue weighted by Gasteiger charge is -2.18. The summed E-state index contributed by atoms with van der Waals surface area (Å²) in [6.07, 6.45) is -7.33. The Labute approximate surface area is 95.2 Å². The normalized spacial score (nSPS) is 12.0. The van der Waals surface area contributed by atoms with Crippen LogP contribution in [0.5, 0.6) is 5.75 Å². The van der Waals surface area contributed by atoms with Gasteiger partial charge in [-0.05, 0) is 18.6 Å². The quantitative estimate of drug-likeness (QED) is 0.721. The highest BCUT2D eigenvalue weighted by Crippen LogP contribution is 2.34. The summed E-state index contributed by atoms with van der Waals surface area (Å²) in [6, 6.07) is 2.03. The number of halogens is 5. The van der Waals surface area contributed by atoms with Gasteiger partial charge in [-0.2, -0.15) is 8.78 Å². The molecule has 17 heavy (non-hydrogen) atoms. The van der Waals surface area contributed by atoms with Crippen molar-refractivity contribution in [1.82, 2.24) is 0 Å². The summed E-state index contributed by atoms with van der Waals surface area (Å²) in [7, 11) is 0. The molecule has 1 aromatic carbocycles. The molecule has 1 rings (SSSR count).